The van der Waals surface area contributed by atoms with E-state index in [0.717, 1.165) is 6.26 Å². The zero-order valence-corrected chi connectivity index (χ0v) is 12.5. The number of sulfonamides is 1. The molecular formula is C15H13N3O3S. The largest absolute Gasteiger partial charge is 0.284 e. The molecule has 0 aliphatic carbocycles. The number of aromatic amines is 1. The van der Waals surface area contributed by atoms with Crippen LogP contribution >= 0.6 is 0 Å². The van der Waals surface area contributed by atoms with Crippen molar-refractivity contribution in [3.05, 3.63) is 58.9 Å². The molecule has 3 aromatic rings. The Morgan fingerprint density at radius 1 is 1.05 bits per heavy atom. The maximum atomic E-state index is 11.8. The monoisotopic (exact) mass is 315 g/mol. The summed E-state index contributed by atoms with van der Waals surface area (Å²) < 4.78 is 25.1. The molecule has 1 aromatic heterocycles. The van der Waals surface area contributed by atoms with E-state index in [1.807, 2.05) is 12.1 Å². The lowest BCUT2D eigenvalue weighted by Crippen LogP contribution is -2.10. The van der Waals surface area contributed by atoms with E-state index in [-0.39, 0.29) is 5.56 Å². The standard InChI is InChI=1S/C15H13N3O3S/c1-22(20,21)18-11-6-4-5-10(9-11)14-12-7-2-3-8-13(12)15(19)17-16-14/h2-9,18H,1H3,(H,17,19). The Labute approximate surface area is 126 Å². The van der Waals surface area contributed by atoms with Crippen molar-refractivity contribution in [1.82, 2.24) is 10.2 Å². The Hall–Kier alpha value is -2.67. The lowest BCUT2D eigenvalue weighted by molar-refractivity contribution is 0.607. The van der Waals surface area contributed by atoms with Crippen LogP contribution in [0.15, 0.2) is 53.3 Å². The number of hydrogen-bond acceptors (Lipinski definition) is 4. The fourth-order valence-electron chi connectivity index (χ4n) is 2.28. The van der Waals surface area contributed by atoms with Crippen LogP contribution in [-0.4, -0.2) is 24.9 Å². The molecule has 0 unspecified atom stereocenters. The van der Waals surface area contributed by atoms with E-state index in [0.29, 0.717) is 27.7 Å². The first kappa shape index (κ1) is 14.3. The second-order valence-electron chi connectivity index (χ2n) is 4.90. The second kappa shape index (κ2) is 5.27. The van der Waals surface area contributed by atoms with Gasteiger partial charge in [0.15, 0.2) is 0 Å². The van der Waals surface area contributed by atoms with Crippen LogP contribution in [0.5, 0.6) is 0 Å². The van der Waals surface area contributed by atoms with Crippen molar-refractivity contribution in [2.24, 2.45) is 0 Å². The molecular weight excluding hydrogens is 302 g/mol. The molecule has 0 aliphatic heterocycles. The summed E-state index contributed by atoms with van der Waals surface area (Å²) in [5, 5.41) is 7.81. The topological polar surface area (TPSA) is 91.9 Å². The Morgan fingerprint density at radius 2 is 1.77 bits per heavy atom. The number of nitrogens with zero attached hydrogens (tertiary/aromatic N) is 1. The van der Waals surface area contributed by atoms with Crippen LogP contribution in [0.3, 0.4) is 0 Å². The first-order valence-electron chi connectivity index (χ1n) is 6.50. The van der Waals surface area contributed by atoms with Crippen LogP contribution in [0.2, 0.25) is 0 Å². The lowest BCUT2D eigenvalue weighted by Gasteiger charge is -2.08. The van der Waals surface area contributed by atoms with Crippen LogP contribution in [0.25, 0.3) is 22.0 Å². The molecule has 0 amide bonds. The molecule has 112 valence electrons. The van der Waals surface area contributed by atoms with Crippen molar-refractivity contribution in [3.8, 4) is 11.3 Å². The van der Waals surface area contributed by atoms with Crippen LogP contribution < -0.4 is 10.3 Å². The van der Waals surface area contributed by atoms with E-state index in [4.69, 9.17) is 0 Å². The van der Waals surface area contributed by atoms with Crippen molar-refractivity contribution in [3.63, 3.8) is 0 Å². The smallest absolute Gasteiger partial charge is 0.272 e. The average molecular weight is 315 g/mol. The number of anilines is 1. The third-order valence-electron chi connectivity index (χ3n) is 3.14. The summed E-state index contributed by atoms with van der Waals surface area (Å²) in [6, 6.07) is 14.0. The minimum Gasteiger partial charge on any atom is -0.284 e. The van der Waals surface area contributed by atoms with Crippen LogP contribution in [0.1, 0.15) is 0 Å². The highest BCUT2D eigenvalue weighted by molar-refractivity contribution is 7.92. The number of fused-ring (bicyclic) bond motifs is 1. The fourth-order valence-corrected chi connectivity index (χ4v) is 2.83. The molecule has 0 aliphatic rings. The Bertz CT molecular complexity index is 1010. The van der Waals surface area contributed by atoms with Gasteiger partial charge in [0.2, 0.25) is 10.0 Å². The zero-order valence-electron chi connectivity index (χ0n) is 11.7. The first-order valence-corrected chi connectivity index (χ1v) is 8.39. The third kappa shape index (κ3) is 2.84. The molecule has 2 aromatic carbocycles. The molecule has 0 radical (unpaired) electrons. The molecule has 22 heavy (non-hydrogen) atoms. The number of rotatable bonds is 3. The zero-order chi connectivity index (χ0) is 15.7. The molecule has 0 atom stereocenters. The van der Waals surface area contributed by atoms with Crippen molar-refractivity contribution in [2.45, 2.75) is 0 Å². The molecule has 3 rings (SSSR count). The number of aromatic nitrogens is 2. The summed E-state index contributed by atoms with van der Waals surface area (Å²) in [5.41, 5.74) is 1.48. The Balaban J connectivity index is 2.18. The van der Waals surface area contributed by atoms with Crippen LogP contribution in [0.4, 0.5) is 5.69 Å². The van der Waals surface area contributed by atoms with Crippen molar-refractivity contribution < 1.29 is 8.42 Å². The average Bonchev–Trinajstić information content (AvgIpc) is 2.46. The first-order chi connectivity index (χ1) is 10.4. The highest BCUT2D eigenvalue weighted by atomic mass is 32.2. The summed E-state index contributed by atoms with van der Waals surface area (Å²) in [7, 11) is -3.35. The summed E-state index contributed by atoms with van der Waals surface area (Å²) in [6.07, 6.45) is 1.09. The highest BCUT2D eigenvalue weighted by Gasteiger charge is 2.09. The van der Waals surface area contributed by atoms with Gasteiger partial charge in [-0.2, -0.15) is 5.10 Å². The molecule has 0 saturated heterocycles. The second-order valence-corrected chi connectivity index (χ2v) is 6.65. The Morgan fingerprint density at radius 3 is 2.50 bits per heavy atom. The highest BCUT2D eigenvalue weighted by Crippen LogP contribution is 2.26. The van der Waals surface area contributed by atoms with E-state index < -0.39 is 10.0 Å². The predicted molar refractivity (Wildman–Crippen MR) is 86.3 cm³/mol. The number of benzene rings is 2. The minimum absolute atomic E-state index is 0.259. The van der Waals surface area contributed by atoms with Crippen molar-refractivity contribution in [1.29, 1.82) is 0 Å². The normalized spacial score (nSPS) is 11.5. The fraction of sp³-hybridized carbons (Fsp3) is 0.0667. The summed E-state index contributed by atoms with van der Waals surface area (Å²) >= 11 is 0. The van der Waals surface area contributed by atoms with Gasteiger partial charge in [0.25, 0.3) is 5.56 Å². The molecule has 0 spiro atoms. The molecule has 0 bridgehead atoms. The molecule has 6 nitrogen and oxygen atoms in total. The summed E-state index contributed by atoms with van der Waals surface area (Å²) in [6.45, 7) is 0. The van der Waals surface area contributed by atoms with E-state index in [1.165, 1.54) is 0 Å². The van der Waals surface area contributed by atoms with E-state index in [2.05, 4.69) is 14.9 Å². The van der Waals surface area contributed by atoms with E-state index in [9.17, 15) is 13.2 Å². The van der Waals surface area contributed by atoms with E-state index in [1.54, 1.807) is 36.4 Å². The third-order valence-corrected chi connectivity index (χ3v) is 3.74. The van der Waals surface area contributed by atoms with Crippen molar-refractivity contribution >= 4 is 26.5 Å². The van der Waals surface area contributed by atoms with Gasteiger partial charge in [0.1, 0.15) is 0 Å². The van der Waals surface area contributed by atoms with Gasteiger partial charge < -0.3 is 0 Å². The SMILES string of the molecule is CS(=O)(=O)Nc1cccc(-c2n[nH]c(=O)c3ccccc23)c1. The van der Waals surface area contributed by atoms with Gasteiger partial charge in [-0.15, -0.1) is 0 Å². The van der Waals surface area contributed by atoms with Gasteiger partial charge in [0.05, 0.1) is 17.3 Å². The van der Waals surface area contributed by atoms with Gasteiger partial charge in [-0.05, 0) is 18.2 Å². The molecule has 0 saturated carbocycles. The molecule has 7 heteroatoms. The molecule has 2 N–H and O–H groups in total. The van der Waals surface area contributed by atoms with Crippen molar-refractivity contribution in [2.75, 3.05) is 11.0 Å². The quantitative estimate of drug-likeness (QED) is 0.773. The maximum absolute atomic E-state index is 11.8. The van der Waals surface area contributed by atoms with Crippen LogP contribution in [-0.2, 0) is 10.0 Å². The predicted octanol–water partition coefficient (Wildman–Crippen LogP) is 1.96. The van der Waals surface area contributed by atoms with Crippen LogP contribution in [0, 0.1) is 0 Å². The van der Waals surface area contributed by atoms with Gasteiger partial charge in [-0.25, -0.2) is 13.5 Å². The lowest BCUT2D eigenvalue weighted by atomic mass is 10.0. The Kier molecular flexibility index (Phi) is 3.42. The molecule has 0 fully saturated rings. The van der Waals surface area contributed by atoms with E-state index >= 15 is 0 Å². The van der Waals surface area contributed by atoms with Gasteiger partial charge >= 0.3 is 0 Å². The van der Waals surface area contributed by atoms with Gasteiger partial charge in [0, 0.05) is 16.6 Å². The molecule has 1 heterocycles. The van der Waals surface area contributed by atoms with Gasteiger partial charge in [-0.1, -0.05) is 30.3 Å². The van der Waals surface area contributed by atoms with Gasteiger partial charge in [-0.3, -0.25) is 9.52 Å². The summed E-state index contributed by atoms with van der Waals surface area (Å²) in [5.74, 6) is 0. The minimum atomic E-state index is -3.35. The summed E-state index contributed by atoms with van der Waals surface area (Å²) in [4.78, 5) is 11.8. The number of hydrogen-bond donors (Lipinski definition) is 2. The number of H-pyrrole nitrogens is 1. The number of nitrogens with one attached hydrogen (secondary N) is 2. The maximum Gasteiger partial charge on any atom is 0.272 e.